The standard InChI is InChI=1S/C14H19BrFNO/c1-17-13(14(18-2)6-3-7-14)8-10-4-5-11(16)9-12(10)15/h4-5,9,13,17H,3,6-8H2,1-2H3. The molecule has 0 amide bonds. The van der Waals surface area contributed by atoms with Gasteiger partial charge in [0.1, 0.15) is 5.82 Å². The van der Waals surface area contributed by atoms with E-state index in [2.05, 4.69) is 21.2 Å². The molecule has 100 valence electrons. The summed E-state index contributed by atoms with van der Waals surface area (Å²) in [5, 5.41) is 3.35. The van der Waals surface area contributed by atoms with Crippen LogP contribution < -0.4 is 5.32 Å². The molecule has 1 atom stereocenters. The lowest BCUT2D eigenvalue weighted by Crippen LogP contribution is -2.56. The molecule has 0 spiro atoms. The van der Waals surface area contributed by atoms with E-state index in [1.54, 1.807) is 7.11 Å². The number of methoxy groups -OCH3 is 1. The second-order valence-electron chi connectivity index (χ2n) is 4.90. The predicted molar refractivity (Wildman–Crippen MR) is 74.2 cm³/mol. The van der Waals surface area contributed by atoms with Gasteiger partial charge in [-0.15, -0.1) is 0 Å². The van der Waals surface area contributed by atoms with E-state index in [-0.39, 0.29) is 17.5 Å². The molecule has 1 saturated carbocycles. The normalized spacial score (nSPS) is 19.3. The van der Waals surface area contributed by atoms with Gasteiger partial charge in [-0.1, -0.05) is 22.0 Å². The van der Waals surface area contributed by atoms with Gasteiger partial charge in [0.05, 0.1) is 5.60 Å². The molecule has 2 rings (SSSR count). The average molecular weight is 316 g/mol. The SMILES string of the molecule is CNC(Cc1ccc(F)cc1Br)C1(OC)CCC1. The Hall–Kier alpha value is -0.450. The molecule has 2 nitrogen and oxygen atoms in total. The quantitative estimate of drug-likeness (QED) is 0.900. The van der Waals surface area contributed by atoms with Crippen LogP contribution in [0.4, 0.5) is 4.39 Å². The lowest BCUT2D eigenvalue weighted by atomic mass is 9.72. The van der Waals surface area contributed by atoms with E-state index in [1.807, 2.05) is 13.1 Å². The smallest absolute Gasteiger partial charge is 0.124 e. The van der Waals surface area contributed by atoms with Crippen molar-refractivity contribution in [3.8, 4) is 0 Å². The third-order valence-electron chi connectivity index (χ3n) is 4.03. The minimum Gasteiger partial charge on any atom is -0.377 e. The molecule has 1 aliphatic carbocycles. The predicted octanol–water partition coefficient (Wildman–Crippen LogP) is 3.29. The van der Waals surface area contributed by atoms with Gasteiger partial charge in [-0.05, 0) is 50.4 Å². The van der Waals surface area contributed by atoms with Crippen LogP contribution in [-0.2, 0) is 11.2 Å². The monoisotopic (exact) mass is 315 g/mol. The Morgan fingerprint density at radius 1 is 1.50 bits per heavy atom. The minimum absolute atomic E-state index is 0.0530. The summed E-state index contributed by atoms with van der Waals surface area (Å²) in [6, 6.07) is 5.12. The van der Waals surface area contributed by atoms with Crippen LogP contribution in [0, 0.1) is 5.82 Å². The highest BCUT2D eigenvalue weighted by Crippen LogP contribution is 2.39. The molecule has 18 heavy (non-hydrogen) atoms. The maximum Gasteiger partial charge on any atom is 0.124 e. The van der Waals surface area contributed by atoms with Crippen LogP contribution in [0.2, 0.25) is 0 Å². The van der Waals surface area contributed by atoms with Crippen LogP contribution in [0.15, 0.2) is 22.7 Å². The van der Waals surface area contributed by atoms with Gasteiger partial charge in [0.25, 0.3) is 0 Å². The molecule has 1 fully saturated rings. The number of nitrogens with one attached hydrogen (secondary N) is 1. The average Bonchev–Trinajstić information content (AvgIpc) is 2.29. The van der Waals surface area contributed by atoms with Gasteiger partial charge in [0.15, 0.2) is 0 Å². The number of benzene rings is 1. The zero-order chi connectivity index (χ0) is 13.2. The third kappa shape index (κ3) is 2.60. The Balaban J connectivity index is 2.15. The minimum atomic E-state index is -0.211. The molecule has 1 unspecified atom stereocenters. The third-order valence-corrected chi connectivity index (χ3v) is 4.77. The van der Waals surface area contributed by atoms with Crippen molar-refractivity contribution < 1.29 is 9.13 Å². The fraction of sp³-hybridized carbons (Fsp3) is 0.571. The van der Waals surface area contributed by atoms with Crippen molar-refractivity contribution in [2.24, 2.45) is 0 Å². The first-order valence-electron chi connectivity index (χ1n) is 6.27. The zero-order valence-corrected chi connectivity index (χ0v) is 12.4. The highest BCUT2D eigenvalue weighted by molar-refractivity contribution is 9.10. The van der Waals surface area contributed by atoms with Gasteiger partial charge >= 0.3 is 0 Å². The van der Waals surface area contributed by atoms with Crippen LogP contribution in [0.1, 0.15) is 24.8 Å². The molecule has 4 heteroatoms. The number of halogens is 2. The van der Waals surface area contributed by atoms with E-state index in [0.29, 0.717) is 0 Å². The van der Waals surface area contributed by atoms with Crippen LogP contribution in [0.5, 0.6) is 0 Å². The number of rotatable bonds is 5. The number of ether oxygens (including phenoxy) is 1. The summed E-state index contributed by atoms with van der Waals surface area (Å²) in [4.78, 5) is 0. The van der Waals surface area contributed by atoms with Crippen molar-refractivity contribution in [1.29, 1.82) is 0 Å². The summed E-state index contributed by atoms with van der Waals surface area (Å²) in [5.41, 5.74) is 1.06. The van der Waals surface area contributed by atoms with Gasteiger partial charge in [-0.3, -0.25) is 0 Å². The molecule has 0 bridgehead atoms. The first-order valence-corrected chi connectivity index (χ1v) is 7.07. The van der Waals surface area contributed by atoms with Gasteiger partial charge in [-0.25, -0.2) is 4.39 Å². The van der Waals surface area contributed by atoms with Gasteiger partial charge < -0.3 is 10.1 Å². The molecule has 1 aliphatic rings. The highest BCUT2D eigenvalue weighted by Gasteiger charge is 2.43. The summed E-state index contributed by atoms with van der Waals surface area (Å²) >= 11 is 3.42. The van der Waals surface area contributed by atoms with Crippen molar-refractivity contribution >= 4 is 15.9 Å². The Morgan fingerprint density at radius 3 is 2.67 bits per heavy atom. The summed E-state index contributed by atoms with van der Waals surface area (Å²) < 4.78 is 19.6. The summed E-state index contributed by atoms with van der Waals surface area (Å²) in [7, 11) is 3.74. The van der Waals surface area contributed by atoms with Crippen molar-refractivity contribution in [2.45, 2.75) is 37.3 Å². The zero-order valence-electron chi connectivity index (χ0n) is 10.8. The summed E-state index contributed by atoms with van der Waals surface area (Å²) in [5.74, 6) is -0.211. The Morgan fingerprint density at radius 2 is 2.22 bits per heavy atom. The van der Waals surface area contributed by atoms with E-state index in [4.69, 9.17) is 4.74 Å². The van der Waals surface area contributed by atoms with E-state index in [0.717, 1.165) is 29.3 Å². The second-order valence-corrected chi connectivity index (χ2v) is 5.76. The first-order chi connectivity index (χ1) is 8.61. The lowest BCUT2D eigenvalue weighted by Gasteiger charge is -2.46. The van der Waals surface area contributed by atoms with Crippen molar-refractivity contribution in [1.82, 2.24) is 5.32 Å². The largest absolute Gasteiger partial charge is 0.377 e. The summed E-state index contributed by atoms with van der Waals surface area (Å²) in [6.45, 7) is 0. The van der Waals surface area contributed by atoms with E-state index >= 15 is 0 Å². The molecule has 0 aromatic heterocycles. The fourth-order valence-corrected chi connectivity index (χ4v) is 3.19. The molecular formula is C14H19BrFNO. The Bertz CT molecular complexity index is 415. The Kier molecular flexibility index (Phi) is 4.41. The molecule has 0 radical (unpaired) electrons. The van der Waals surface area contributed by atoms with Crippen LogP contribution in [0.3, 0.4) is 0 Å². The lowest BCUT2D eigenvalue weighted by molar-refractivity contribution is -0.0966. The number of likely N-dealkylation sites (N-methyl/N-ethyl adjacent to an activating group) is 1. The molecule has 1 N–H and O–H groups in total. The molecule has 1 aromatic rings. The van der Waals surface area contributed by atoms with E-state index in [9.17, 15) is 4.39 Å². The number of hydrogen-bond acceptors (Lipinski definition) is 2. The maximum absolute atomic E-state index is 13.1. The first kappa shape index (κ1) is 14.0. The van der Waals surface area contributed by atoms with E-state index in [1.165, 1.54) is 18.6 Å². The molecule has 1 aromatic carbocycles. The van der Waals surface area contributed by atoms with Crippen molar-refractivity contribution in [2.75, 3.05) is 14.2 Å². The molecule has 0 aliphatic heterocycles. The maximum atomic E-state index is 13.1. The van der Waals surface area contributed by atoms with Crippen LogP contribution >= 0.6 is 15.9 Å². The summed E-state index contributed by atoms with van der Waals surface area (Å²) in [6.07, 6.45) is 4.24. The molecule has 0 saturated heterocycles. The number of hydrogen-bond donors (Lipinski definition) is 1. The van der Waals surface area contributed by atoms with Crippen LogP contribution in [0.25, 0.3) is 0 Å². The highest BCUT2D eigenvalue weighted by atomic mass is 79.9. The van der Waals surface area contributed by atoms with Gasteiger partial charge in [0.2, 0.25) is 0 Å². The van der Waals surface area contributed by atoms with Crippen LogP contribution in [-0.4, -0.2) is 25.8 Å². The second kappa shape index (κ2) is 5.68. The van der Waals surface area contributed by atoms with Crippen molar-refractivity contribution in [3.63, 3.8) is 0 Å². The van der Waals surface area contributed by atoms with Crippen molar-refractivity contribution in [3.05, 3.63) is 34.1 Å². The molecule has 0 heterocycles. The fourth-order valence-electron chi connectivity index (χ4n) is 2.68. The Labute approximate surface area is 116 Å². The van der Waals surface area contributed by atoms with Gasteiger partial charge in [0, 0.05) is 17.6 Å². The molecular weight excluding hydrogens is 297 g/mol. The van der Waals surface area contributed by atoms with E-state index < -0.39 is 0 Å². The topological polar surface area (TPSA) is 21.3 Å². The van der Waals surface area contributed by atoms with Gasteiger partial charge in [-0.2, -0.15) is 0 Å².